The van der Waals surface area contributed by atoms with Crippen LogP contribution in [0.1, 0.15) is 21.5 Å². The number of hydrogen-bond donors (Lipinski definition) is 1. The minimum Gasteiger partial charge on any atom is -0.380 e. The van der Waals surface area contributed by atoms with Crippen molar-refractivity contribution in [1.82, 2.24) is 4.57 Å². The molecule has 0 saturated carbocycles. The SMILES string of the molecule is COCc1c[c]c2c3c(C(N)=O)cccc3n(Cc3ccc(Cl)c(Cl)c3)c2c1. The third kappa shape index (κ3) is 3.24. The van der Waals surface area contributed by atoms with Crippen molar-refractivity contribution in [2.24, 2.45) is 5.73 Å². The van der Waals surface area contributed by atoms with Gasteiger partial charge in [-0.1, -0.05) is 35.3 Å². The molecule has 0 unspecified atom stereocenters. The molecule has 28 heavy (non-hydrogen) atoms. The van der Waals surface area contributed by atoms with E-state index in [-0.39, 0.29) is 0 Å². The molecule has 1 heterocycles. The molecular weight excluding hydrogens is 395 g/mol. The van der Waals surface area contributed by atoms with E-state index in [9.17, 15) is 4.79 Å². The van der Waals surface area contributed by atoms with E-state index < -0.39 is 5.91 Å². The molecule has 2 N–H and O–H groups in total. The second-order valence-electron chi connectivity index (χ2n) is 6.60. The van der Waals surface area contributed by atoms with Crippen molar-refractivity contribution in [3.05, 3.63) is 81.3 Å². The van der Waals surface area contributed by atoms with Gasteiger partial charge in [0, 0.05) is 30.0 Å². The monoisotopic (exact) mass is 411 g/mol. The maximum Gasteiger partial charge on any atom is 0.249 e. The number of benzene rings is 3. The van der Waals surface area contributed by atoms with Crippen LogP contribution >= 0.6 is 23.2 Å². The first kappa shape index (κ1) is 18.8. The molecule has 141 valence electrons. The molecule has 0 fully saturated rings. The van der Waals surface area contributed by atoms with Gasteiger partial charge in [-0.3, -0.25) is 4.79 Å². The van der Waals surface area contributed by atoms with E-state index in [0.717, 1.165) is 32.9 Å². The molecule has 4 aromatic rings. The minimum absolute atomic E-state index is 0.464. The quantitative estimate of drug-likeness (QED) is 0.490. The number of amides is 1. The van der Waals surface area contributed by atoms with Crippen molar-refractivity contribution in [2.45, 2.75) is 13.2 Å². The van der Waals surface area contributed by atoms with Gasteiger partial charge < -0.3 is 15.0 Å². The second-order valence-corrected chi connectivity index (χ2v) is 7.41. The summed E-state index contributed by atoms with van der Waals surface area (Å²) in [6.07, 6.45) is 0. The Kier molecular flexibility index (Phi) is 5.02. The van der Waals surface area contributed by atoms with E-state index in [2.05, 4.69) is 16.7 Å². The van der Waals surface area contributed by atoms with E-state index in [0.29, 0.717) is 28.8 Å². The third-order valence-corrected chi connectivity index (χ3v) is 5.49. The smallest absolute Gasteiger partial charge is 0.249 e. The molecule has 4 nitrogen and oxygen atoms in total. The van der Waals surface area contributed by atoms with Crippen LogP contribution in [-0.4, -0.2) is 17.6 Å². The Labute approximate surface area is 172 Å². The normalized spacial score (nSPS) is 11.4. The van der Waals surface area contributed by atoms with Gasteiger partial charge in [-0.2, -0.15) is 0 Å². The summed E-state index contributed by atoms with van der Waals surface area (Å²) in [7, 11) is 1.65. The number of halogens is 2. The van der Waals surface area contributed by atoms with Gasteiger partial charge >= 0.3 is 0 Å². The number of carbonyl (C=O) groups excluding carboxylic acids is 1. The highest BCUT2D eigenvalue weighted by atomic mass is 35.5. The van der Waals surface area contributed by atoms with Gasteiger partial charge in [0.05, 0.1) is 27.7 Å². The Balaban J connectivity index is 2.00. The van der Waals surface area contributed by atoms with Crippen molar-refractivity contribution < 1.29 is 9.53 Å². The fourth-order valence-corrected chi connectivity index (χ4v) is 3.87. The molecule has 6 heteroatoms. The maximum atomic E-state index is 12.0. The molecular formula is C22H17Cl2N2O2. The number of ether oxygens (including phenoxy) is 1. The van der Waals surface area contributed by atoms with Crippen molar-refractivity contribution in [2.75, 3.05) is 7.11 Å². The Morgan fingerprint density at radius 2 is 1.93 bits per heavy atom. The van der Waals surface area contributed by atoms with Crippen LogP contribution in [-0.2, 0) is 17.9 Å². The van der Waals surface area contributed by atoms with E-state index in [1.165, 1.54) is 0 Å². The van der Waals surface area contributed by atoms with Crippen molar-refractivity contribution >= 4 is 50.9 Å². The van der Waals surface area contributed by atoms with Crippen LogP contribution in [0.25, 0.3) is 21.8 Å². The predicted molar refractivity (Wildman–Crippen MR) is 113 cm³/mol. The van der Waals surface area contributed by atoms with E-state index >= 15 is 0 Å². The number of nitrogens with zero attached hydrogens (tertiary/aromatic N) is 1. The lowest BCUT2D eigenvalue weighted by Crippen LogP contribution is -2.11. The fourth-order valence-electron chi connectivity index (χ4n) is 3.55. The molecule has 0 aliphatic rings. The Morgan fingerprint density at radius 3 is 2.64 bits per heavy atom. The molecule has 0 aliphatic carbocycles. The van der Waals surface area contributed by atoms with Gasteiger partial charge in [-0.15, -0.1) is 0 Å². The summed E-state index contributed by atoms with van der Waals surface area (Å²) in [6.45, 7) is 1.03. The second kappa shape index (κ2) is 7.47. The van der Waals surface area contributed by atoms with Gasteiger partial charge in [0.1, 0.15) is 0 Å². The lowest BCUT2D eigenvalue weighted by Gasteiger charge is -2.10. The average Bonchev–Trinajstić information content (AvgIpc) is 2.98. The number of fused-ring (bicyclic) bond motifs is 3. The predicted octanol–water partition coefficient (Wildman–Crippen LogP) is 5.20. The Morgan fingerprint density at radius 1 is 1.11 bits per heavy atom. The zero-order valence-corrected chi connectivity index (χ0v) is 16.6. The molecule has 4 rings (SSSR count). The summed E-state index contributed by atoms with van der Waals surface area (Å²) in [4.78, 5) is 12.0. The van der Waals surface area contributed by atoms with E-state index in [4.69, 9.17) is 33.7 Å². The largest absolute Gasteiger partial charge is 0.380 e. The Hall–Kier alpha value is -2.53. The van der Waals surface area contributed by atoms with Crippen LogP contribution in [0.15, 0.2) is 48.5 Å². The summed E-state index contributed by atoms with van der Waals surface area (Å²) in [5.41, 5.74) is 9.95. The van der Waals surface area contributed by atoms with Crippen LogP contribution < -0.4 is 5.73 Å². The summed E-state index contributed by atoms with van der Waals surface area (Å²) in [5.74, 6) is -0.464. The zero-order valence-electron chi connectivity index (χ0n) is 15.1. The molecule has 1 aromatic heterocycles. The van der Waals surface area contributed by atoms with Gasteiger partial charge in [0.2, 0.25) is 5.91 Å². The number of nitrogens with two attached hydrogens (primary N) is 1. The summed E-state index contributed by atoms with van der Waals surface area (Å²) in [6, 6.07) is 18.4. The van der Waals surface area contributed by atoms with Crippen LogP contribution in [0.4, 0.5) is 0 Å². The summed E-state index contributed by atoms with van der Waals surface area (Å²) in [5, 5.41) is 2.67. The first-order chi connectivity index (χ1) is 13.5. The van der Waals surface area contributed by atoms with Crippen molar-refractivity contribution in [1.29, 1.82) is 0 Å². The van der Waals surface area contributed by atoms with Crippen molar-refractivity contribution in [3.63, 3.8) is 0 Å². The minimum atomic E-state index is -0.464. The lowest BCUT2D eigenvalue weighted by atomic mass is 10.0. The fraction of sp³-hybridized carbons (Fsp3) is 0.136. The number of primary amides is 1. The number of aromatic nitrogens is 1. The molecule has 0 atom stereocenters. The van der Waals surface area contributed by atoms with Gasteiger partial charge in [0.25, 0.3) is 0 Å². The molecule has 0 bridgehead atoms. The van der Waals surface area contributed by atoms with Crippen molar-refractivity contribution in [3.8, 4) is 0 Å². The third-order valence-electron chi connectivity index (χ3n) is 4.76. The van der Waals surface area contributed by atoms with Crippen LogP contribution in [0.2, 0.25) is 10.0 Å². The maximum absolute atomic E-state index is 12.0. The molecule has 0 spiro atoms. The topological polar surface area (TPSA) is 57.2 Å². The van der Waals surface area contributed by atoms with Crippen LogP contribution in [0, 0.1) is 6.07 Å². The zero-order chi connectivity index (χ0) is 19.8. The molecule has 0 aliphatic heterocycles. The summed E-state index contributed by atoms with van der Waals surface area (Å²) < 4.78 is 7.40. The standard InChI is InChI=1S/C22H17Cl2N2O2/c1-28-12-14-5-7-15-20(10-14)26(11-13-6-8-17(23)18(24)9-13)19-4-2-3-16(21(15)19)22(25)27/h2-6,8-10H,11-12H2,1H3,(H2,25,27). The summed E-state index contributed by atoms with van der Waals surface area (Å²) >= 11 is 12.3. The molecule has 3 aromatic carbocycles. The highest BCUT2D eigenvalue weighted by Gasteiger charge is 2.17. The van der Waals surface area contributed by atoms with Crippen LogP contribution in [0.5, 0.6) is 0 Å². The number of hydrogen-bond acceptors (Lipinski definition) is 2. The van der Waals surface area contributed by atoms with E-state index in [1.54, 1.807) is 19.2 Å². The Bertz CT molecular complexity index is 1210. The first-order valence-corrected chi connectivity index (χ1v) is 9.43. The lowest BCUT2D eigenvalue weighted by molar-refractivity contribution is 0.100. The van der Waals surface area contributed by atoms with Gasteiger partial charge in [0.15, 0.2) is 0 Å². The first-order valence-electron chi connectivity index (χ1n) is 8.67. The number of carbonyl (C=O) groups is 1. The molecule has 1 radical (unpaired) electrons. The number of methoxy groups -OCH3 is 1. The highest BCUT2D eigenvalue weighted by Crippen LogP contribution is 2.33. The highest BCUT2D eigenvalue weighted by molar-refractivity contribution is 6.42. The average molecular weight is 412 g/mol. The van der Waals surface area contributed by atoms with Gasteiger partial charge in [-0.05, 0) is 53.6 Å². The number of rotatable bonds is 5. The van der Waals surface area contributed by atoms with Crippen LogP contribution in [0.3, 0.4) is 0 Å². The van der Waals surface area contributed by atoms with Gasteiger partial charge in [-0.25, -0.2) is 0 Å². The van der Waals surface area contributed by atoms with E-state index in [1.807, 2.05) is 30.3 Å². The molecule has 0 saturated heterocycles. The molecule has 1 amide bonds.